The third-order valence-corrected chi connectivity index (χ3v) is 5.12. The summed E-state index contributed by atoms with van der Waals surface area (Å²) in [5.74, 6) is 0.936. The number of nitrogens with one attached hydrogen (secondary N) is 1. The van der Waals surface area contributed by atoms with Crippen LogP contribution in [0.3, 0.4) is 0 Å². The fourth-order valence-corrected chi connectivity index (χ4v) is 3.60. The maximum Gasteiger partial charge on any atom is 0.208 e. The van der Waals surface area contributed by atoms with E-state index in [1.807, 2.05) is 4.68 Å². The summed E-state index contributed by atoms with van der Waals surface area (Å²) in [4.78, 5) is 2.40. The molecule has 9 heteroatoms. The molecule has 124 valence electrons. The Balaban J connectivity index is 1.58. The second-order valence-electron chi connectivity index (χ2n) is 6.35. The highest BCUT2D eigenvalue weighted by atomic mass is 32.2. The smallest absolute Gasteiger partial charge is 0.208 e. The summed E-state index contributed by atoms with van der Waals surface area (Å²) in [6, 6.07) is 0.882. The second kappa shape index (κ2) is 6.59. The number of likely N-dealkylation sites (tertiary alicyclic amines) is 1. The van der Waals surface area contributed by atoms with Crippen molar-refractivity contribution in [2.45, 2.75) is 57.2 Å². The highest BCUT2D eigenvalue weighted by Crippen LogP contribution is 2.34. The van der Waals surface area contributed by atoms with E-state index in [9.17, 15) is 8.42 Å². The molecule has 2 heterocycles. The number of hydrogen-bond acceptors (Lipinski definition) is 6. The van der Waals surface area contributed by atoms with E-state index < -0.39 is 10.0 Å². The fourth-order valence-electron chi connectivity index (χ4n) is 3.11. The third kappa shape index (κ3) is 4.23. The van der Waals surface area contributed by atoms with Crippen molar-refractivity contribution in [2.24, 2.45) is 0 Å². The van der Waals surface area contributed by atoms with Crippen molar-refractivity contribution < 1.29 is 8.42 Å². The van der Waals surface area contributed by atoms with E-state index in [1.54, 1.807) is 0 Å². The van der Waals surface area contributed by atoms with Gasteiger partial charge in [-0.25, -0.2) is 17.8 Å². The summed E-state index contributed by atoms with van der Waals surface area (Å²) in [6.07, 6.45) is 7.86. The summed E-state index contributed by atoms with van der Waals surface area (Å²) < 4.78 is 26.9. The lowest BCUT2D eigenvalue weighted by Crippen LogP contribution is -2.41. The largest absolute Gasteiger partial charge is 0.293 e. The van der Waals surface area contributed by atoms with Gasteiger partial charge in [-0.2, -0.15) is 0 Å². The molecule has 2 aliphatic rings. The first-order chi connectivity index (χ1) is 10.5. The molecule has 8 nitrogen and oxygen atoms in total. The Morgan fingerprint density at radius 3 is 2.82 bits per heavy atom. The van der Waals surface area contributed by atoms with Gasteiger partial charge in [0.1, 0.15) is 0 Å². The van der Waals surface area contributed by atoms with Crippen LogP contribution in [-0.2, 0) is 16.6 Å². The van der Waals surface area contributed by atoms with E-state index in [2.05, 4.69) is 25.1 Å². The van der Waals surface area contributed by atoms with E-state index in [1.165, 1.54) is 31.9 Å². The standard InChI is InChI=1S/C13H24N6O2S/c1-22(20,21)14-8-7-11-4-2-3-9-18(11)10-13-15-16-17-19(13)12-5-6-12/h11-12,14H,2-10H2,1H3/t11-/m0/s1. The zero-order valence-corrected chi connectivity index (χ0v) is 13.8. The molecule has 1 saturated carbocycles. The van der Waals surface area contributed by atoms with Gasteiger partial charge in [-0.1, -0.05) is 6.42 Å². The van der Waals surface area contributed by atoms with Crippen LogP contribution >= 0.6 is 0 Å². The van der Waals surface area contributed by atoms with Gasteiger partial charge in [-0.05, 0) is 49.1 Å². The van der Waals surface area contributed by atoms with E-state index in [0.717, 1.165) is 31.8 Å². The Hall–Kier alpha value is -1.06. The molecule has 1 N–H and O–H groups in total. The van der Waals surface area contributed by atoms with E-state index in [4.69, 9.17) is 0 Å². The molecule has 0 aromatic carbocycles. The van der Waals surface area contributed by atoms with Gasteiger partial charge in [0.05, 0.1) is 18.8 Å². The van der Waals surface area contributed by atoms with Crippen LogP contribution in [0.4, 0.5) is 0 Å². The van der Waals surface area contributed by atoms with E-state index in [-0.39, 0.29) is 0 Å². The fraction of sp³-hybridized carbons (Fsp3) is 0.923. The topological polar surface area (TPSA) is 93.0 Å². The first-order valence-electron chi connectivity index (χ1n) is 7.98. The monoisotopic (exact) mass is 328 g/mol. The highest BCUT2D eigenvalue weighted by molar-refractivity contribution is 7.88. The van der Waals surface area contributed by atoms with Gasteiger partial charge in [-0.3, -0.25) is 4.90 Å². The molecule has 1 aliphatic carbocycles. The molecule has 1 saturated heterocycles. The Morgan fingerprint density at radius 2 is 2.09 bits per heavy atom. The average molecular weight is 328 g/mol. The van der Waals surface area contributed by atoms with Crippen LogP contribution in [0.5, 0.6) is 0 Å². The first-order valence-corrected chi connectivity index (χ1v) is 9.87. The van der Waals surface area contributed by atoms with Crippen LogP contribution in [-0.4, -0.2) is 58.9 Å². The van der Waals surface area contributed by atoms with Gasteiger partial charge in [0.2, 0.25) is 10.0 Å². The van der Waals surface area contributed by atoms with Crippen molar-refractivity contribution in [3.05, 3.63) is 5.82 Å². The minimum atomic E-state index is -3.11. The van der Waals surface area contributed by atoms with Gasteiger partial charge in [0, 0.05) is 12.6 Å². The minimum Gasteiger partial charge on any atom is -0.293 e. The molecule has 0 spiro atoms. The van der Waals surface area contributed by atoms with Crippen molar-refractivity contribution in [2.75, 3.05) is 19.3 Å². The van der Waals surface area contributed by atoms with Crippen molar-refractivity contribution in [1.82, 2.24) is 29.8 Å². The molecule has 2 fully saturated rings. The second-order valence-corrected chi connectivity index (χ2v) is 8.18. The molecule has 1 atom stereocenters. The number of sulfonamides is 1. The average Bonchev–Trinajstić information content (AvgIpc) is 3.20. The SMILES string of the molecule is CS(=O)(=O)NCC[C@@H]1CCCCN1Cc1nnnn1C1CC1. The van der Waals surface area contributed by atoms with Crippen molar-refractivity contribution in [1.29, 1.82) is 0 Å². The summed E-state index contributed by atoms with van der Waals surface area (Å²) in [7, 11) is -3.11. The summed E-state index contributed by atoms with van der Waals surface area (Å²) >= 11 is 0. The van der Waals surface area contributed by atoms with Crippen LogP contribution in [0, 0.1) is 0 Å². The molecule has 1 aromatic rings. The van der Waals surface area contributed by atoms with Crippen LogP contribution in [0.1, 0.15) is 50.4 Å². The molecular weight excluding hydrogens is 304 g/mol. The molecule has 0 radical (unpaired) electrons. The van der Waals surface area contributed by atoms with E-state index >= 15 is 0 Å². The number of piperidine rings is 1. The Bertz CT molecular complexity index is 597. The van der Waals surface area contributed by atoms with Gasteiger partial charge < -0.3 is 0 Å². The van der Waals surface area contributed by atoms with Gasteiger partial charge in [0.25, 0.3) is 0 Å². The van der Waals surface area contributed by atoms with E-state index in [0.29, 0.717) is 18.6 Å². The van der Waals surface area contributed by atoms with Gasteiger partial charge >= 0.3 is 0 Å². The Labute approximate surface area is 131 Å². The third-order valence-electron chi connectivity index (χ3n) is 4.39. The molecule has 0 amide bonds. The Kier molecular flexibility index (Phi) is 4.74. The molecule has 22 heavy (non-hydrogen) atoms. The molecule has 1 aromatic heterocycles. The minimum absolute atomic E-state index is 0.396. The summed E-state index contributed by atoms with van der Waals surface area (Å²) in [6.45, 7) is 2.28. The number of tetrazole rings is 1. The molecular formula is C13H24N6O2S. The molecule has 1 aliphatic heterocycles. The van der Waals surface area contributed by atoms with Gasteiger partial charge in [0.15, 0.2) is 5.82 Å². The van der Waals surface area contributed by atoms with Crippen LogP contribution < -0.4 is 4.72 Å². The molecule has 0 bridgehead atoms. The number of nitrogens with zero attached hydrogens (tertiary/aromatic N) is 5. The predicted molar refractivity (Wildman–Crippen MR) is 81.6 cm³/mol. The van der Waals surface area contributed by atoms with Crippen molar-refractivity contribution in [3.63, 3.8) is 0 Å². The van der Waals surface area contributed by atoms with Crippen molar-refractivity contribution >= 4 is 10.0 Å². The normalized spacial score (nSPS) is 23.8. The quantitative estimate of drug-likeness (QED) is 0.774. The predicted octanol–water partition coefficient (Wildman–Crippen LogP) is 0.302. The maximum absolute atomic E-state index is 11.2. The number of rotatable bonds is 7. The molecule has 3 rings (SSSR count). The number of hydrogen-bond donors (Lipinski definition) is 1. The zero-order chi connectivity index (χ0) is 15.6. The highest BCUT2D eigenvalue weighted by Gasteiger charge is 2.30. The van der Waals surface area contributed by atoms with Crippen molar-refractivity contribution in [3.8, 4) is 0 Å². The lowest BCUT2D eigenvalue weighted by atomic mass is 9.99. The lowest BCUT2D eigenvalue weighted by Gasteiger charge is -2.35. The number of aromatic nitrogens is 4. The molecule has 0 unspecified atom stereocenters. The summed E-state index contributed by atoms with van der Waals surface area (Å²) in [5.41, 5.74) is 0. The summed E-state index contributed by atoms with van der Waals surface area (Å²) in [5, 5.41) is 12.1. The zero-order valence-electron chi connectivity index (χ0n) is 13.0. The first kappa shape index (κ1) is 15.8. The van der Waals surface area contributed by atoms with Crippen LogP contribution in [0.15, 0.2) is 0 Å². The van der Waals surface area contributed by atoms with Crippen LogP contribution in [0.25, 0.3) is 0 Å². The Morgan fingerprint density at radius 1 is 1.27 bits per heavy atom. The van der Waals surface area contributed by atoms with Crippen LogP contribution in [0.2, 0.25) is 0 Å². The maximum atomic E-state index is 11.2. The van der Waals surface area contributed by atoms with Gasteiger partial charge in [-0.15, -0.1) is 5.10 Å². The lowest BCUT2D eigenvalue weighted by molar-refractivity contribution is 0.127.